The van der Waals surface area contributed by atoms with Crippen LogP contribution in [-0.2, 0) is 13.1 Å². The molecule has 16 heavy (non-hydrogen) atoms. The molecule has 2 rings (SSSR count). The van der Waals surface area contributed by atoms with Crippen molar-refractivity contribution >= 4 is 12.2 Å². The molecule has 0 aliphatic heterocycles. The minimum Gasteiger partial charge on any atom is -0.317 e. The van der Waals surface area contributed by atoms with Crippen LogP contribution >= 0.6 is 12.2 Å². The lowest BCUT2D eigenvalue weighted by atomic mass is 10.5. The summed E-state index contributed by atoms with van der Waals surface area (Å²) >= 11 is 5.04. The molecule has 0 aliphatic carbocycles. The molecule has 2 aromatic rings. The zero-order valence-corrected chi connectivity index (χ0v) is 9.57. The maximum absolute atomic E-state index is 11.0. The number of hydrogen-bond donors (Lipinski definition) is 1. The van der Waals surface area contributed by atoms with Crippen LogP contribution in [0.2, 0.25) is 0 Å². The van der Waals surface area contributed by atoms with E-state index in [0.29, 0.717) is 11.3 Å². The first-order valence-corrected chi connectivity index (χ1v) is 5.28. The standard InChI is InChI=1S/C9H11N5OS/c1-2-13-6-10-12-7(13)5-14-4-3-8(15)11-9(14)16/h3-4,6H,2,5H2,1H3,(H,11,15,16). The lowest BCUT2D eigenvalue weighted by Gasteiger charge is -2.06. The molecule has 0 bridgehead atoms. The largest absolute Gasteiger partial charge is 0.317 e. The molecule has 2 heterocycles. The van der Waals surface area contributed by atoms with E-state index in [1.807, 2.05) is 11.5 Å². The molecule has 0 saturated carbocycles. The predicted octanol–water partition coefficient (Wildman–Crippen LogP) is 0.566. The summed E-state index contributed by atoms with van der Waals surface area (Å²) in [5.74, 6) is 0.811. The summed E-state index contributed by atoms with van der Waals surface area (Å²) in [7, 11) is 0. The number of nitrogens with one attached hydrogen (secondary N) is 1. The maximum atomic E-state index is 11.0. The van der Waals surface area contributed by atoms with Crippen molar-refractivity contribution in [1.29, 1.82) is 0 Å². The van der Waals surface area contributed by atoms with Gasteiger partial charge in [-0.1, -0.05) is 0 Å². The Morgan fingerprint density at radius 2 is 2.31 bits per heavy atom. The Balaban J connectivity index is 2.34. The monoisotopic (exact) mass is 237 g/mol. The molecule has 0 aliphatic rings. The molecule has 2 aromatic heterocycles. The van der Waals surface area contributed by atoms with Gasteiger partial charge in [0, 0.05) is 18.8 Å². The SMILES string of the molecule is CCn1cnnc1Cn1ccc(=O)[nH]c1=S. The zero-order chi connectivity index (χ0) is 11.5. The van der Waals surface area contributed by atoms with Crippen LogP contribution < -0.4 is 5.56 Å². The zero-order valence-electron chi connectivity index (χ0n) is 8.75. The quantitative estimate of drug-likeness (QED) is 0.792. The summed E-state index contributed by atoms with van der Waals surface area (Å²) in [4.78, 5) is 13.6. The molecule has 0 amide bonds. The maximum Gasteiger partial charge on any atom is 0.251 e. The molecule has 6 nitrogen and oxygen atoms in total. The molecule has 0 unspecified atom stereocenters. The van der Waals surface area contributed by atoms with Gasteiger partial charge in [0.2, 0.25) is 0 Å². The highest BCUT2D eigenvalue weighted by Crippen LogP contribution is 1.98. The molecule has 0 radical (unpaired) electrons. The average molecular weight is 237 g/mol. The van der Waals surface area contributed by atoms with Crippen LogP contribution in [-0.4, -0.2) is 24.3 Å². The van der Waals surface area contributed by atoms with Crippen molar-refractivity contribution in [1.82, 2.24) is 24.3 Å². The minimum atomic E-state index is -0.196. The second kappa shape index (κ2) is 4.40. The Bertz CT molecular complexity index is 596. The number of nitrogens with zero attached hydrogens (tertiary/aromatic N) is 4. The molecular formula is C9H11N5OS. The summed E-state index contributed by atoms with van der Waals surface area (Å²) in [6.07, 6.45) is 3.32. The minimum absolute atomic E-state index is 0.196. The van der Waals surface area contributed by atoms with Crippen molar-refractivity contribution in [2.24, 2.45) is 0 Å². The number of H-pyrrole nitrogens is 1. The van der Waals surface area contributed by atoms with Gasteiger partial charge in [0.15, 0.2) is 10.6 Å². The van der Waals surface area contributed by atoms with Crippen LogP contribution in [0.5, 0.6) is 0 Å². The Morgan fingerprint density at radius 3 is 3.00 bits per heavy atom. The van der Waals surface area contributed by atoms with Crippen molar-refractivity contribution < 1.29 is 0 Å². The average Bonchev–Trinajstić information content (AvgIpc) is 2.69. The van der Waals surface area contributed by atoms with Crippen LogP contribution in [0, 0.1) is 4.77 Å². The molecule has 0 saturated heterocycles. The summed E-state index contributed by atoms with van der Waals surface area (Å²) in [5.41, 5.74) is -0.196. The first-order chi connectivity index (χ1) is 7.70. The van der Waals surface area contributed by atoms with Crippen LogP contribution in [0.4, 0.5) is 0 Å². The van der Waals surface area contributed by atoms with Gasteiger partial charge in [-0.15, -0.1) is 10.2 Å². The summed E-state index contributed by atoms with van der Waals surface area (Å²) in [6.45, 7) is 3.32. The highest BCUT2D eigenvalue weighted by atomic mass is 32.1. The van der Waals surface area contributed by atoms with Crippen molar-refractivity contribution in [3.8, 4) is 0 Å². The van der Waals surface area contributed by atoms with Gasteiger partial charge in [-0.25, -0.2) is 0 Å². The van der Waals surface area contributed by atoms with Gasteiger partial charge in [0.05, 0.1) is 6.54 Å². The molecule has 0 atom stereocenters. The number of hydrogen-bond acceptors (Lipinski definition) is 4. The molecule has 0 fully saturated rings. The third-order valence-electron chi connectivity index (χ3n) is 2.25. The number of aromatic nitrogens is 5. The van der Waals surface area contributed by atoms with Crippen molar-refractivity contribution in [3.63, 3.8) is 0 Å². The van der Waals surface area contributed by atoms with Gasteiger partial charge in [0.1, 0.15) is 6.33 Å². The highest BCUT2D eigenvalue weighted by Gasteiger charge is 2.03. The van der Waals surface area contributed by atoms with E-state index in [9.17, 15) is 4.79 Å². The summed E-state index contributed by atoms with van der Waals surface area (Å²) in [5, 5.41) is 7.83. The Hall–Kier alpha value is -1.76. The number of aryl methyl sites for hydroxylation is 1. The fraction of sp³-hybridized carbons (Fsp3) is 0.333. The Kier molecular flexibility index (Phi) is 2.95. The lowest BCUT2D eigenvalue weighted by Crippen LogP contribution is -2.14. The van der Waals surface area contributed by atoms with Crippen molar-refractivity contribution in [2.45, 2.75) is 20.0 Å². The van der Waals surface area contributed by atoms with E-state index in [4.69, 9.17) is 12.2 Å². The van der Waals surface area contributed by atoms with Gasteiger partial charge < -0.3 is 9.13 Å². The Labute approximate surface area is 96.6 Å². The van der Waals surface area contributed by atoms with E-state index in [1.165, 1.54) is 6.07 Å². The van der Waals surface area contributed by atoms with Crippen molar-refractivity contribution in [3.05, 3.63) is 39.5 Å². The van der Waals surface area contributed by atoms with E-state index < -0.39 is 0 Å². The normalized spacial score (nSPS) is 10.6. The van der Waals surface area contributed by atoms with Crippen LogP contribution in [0.1, 0.15) is 12.7 Å². The summed E-state index contributed by atoms with van der Waals surface area (Å²) < 4.78 is 4.05. The van der Waals surface area contributed by atoms with Gasteiger partial charge >= 0.3 is 0 Å². The third kappa shape index (κ3) is 2.08. The second-order valence-electron chi connectivity index (χ2n) is 3.27. The molecule has 7 heteroatoms. The fourth-order valence-electron chi connectivity index (χ4n) is 1.39. The predicted molar refractivity (Wildman–Crippen MR) is 60.7 cm³/mol. The van der Waals surface area contributed by atoms with Crippen LogP contribution in [0.25, 0.3) is 0 Å². The number of rotatable bonds is 3. The smallest absolute Gasteiger partial charge is 0.251 e. The Morgan fingerprint density at radius 1 is 1.50 bits per heavy atom. The first kappa shape index (κ1) is 10.7. The molecule has 84 valence electrons. The van der Waals surface area contributed by atoms with Gasteiger partial charge in [-0.2, -0.15) is 0 Å². The van der Waals surface area contributed by atoms with E-state index >= 15 is 0 Å². The van der Waals surface area contributed by atoms with Gasteiger partial charge in [-0.3, -0.25) is 9.78 Å². The topological polar surface area (TPSA) is 68.5 Å². The third-order valence-corrected chi connectivity index (χ3v) is 2.58. The van der Waals surface area contributed by atoms with Gasteiger partial charge in [-0.05, 0) is 19.1 Å². The first-order valence-electron chi connectivity index (χ1n) is 4.87. The lowest BCUT2D eigenvalue weighted by molar-refractivity contribution is 0.635. The molecule has 1 N–H and O–H groups in total. The van der Waals surface area contributed by atoms with E-state index in [0.717, 1.165) is 12.4 Å². The van der Waals surface area contributed by atoms with Crippen LogP contribution in [0.15, 0.2) is 23.4 Å². The van der Waals surface area contributed by atoms with Crippen LogP contribution in [0.3, 0.4) is 0 Å². The van der Waals surface area contributed by atoms with Crippen molar-refractivity contribution in [2.75, 3.05) is 0 Å². The number of aromatic amines is 1. The molecular weight excluding hydrogens is 226 g/mol. The van der Waals surface area contributed by atoms with E-state index in [2.05, 4.69) is 15.2 Å². The fourth-order valence-corrected chi connectivity index (χ4v) is 1.61. The van der Waals surface area contributed by atoms with E-state index in [1.54, 1.807) is 17.1 Å². The summed E-state index contributed by atoms with van der Waals surface area (Å²) in [6, 6.07) is 1.43. The molecule has 0 spiro atoms. The van der Waals surface area contributed by atoms with E-state index in [-0.39, 0.29) is 5.56 Å². The van der Waals surface area contributed by atoms with Gasteiger partial charge in [0.25, 0.3) is 5.56 Å². The molecule has 0 aromatic carbocycles. The second-order valence-corrected chi connectivity index (χ2v) is 3.66. The highest BCUT2D eigenvalue weighted by molar-refractivity contribution is 7.71.